The van der Waals surface area contributed by atoms with Crippen molar-refractivity contribution in [2.24, 2.45) is 0 Å². The molecule has 2 aromatic carbocycles. The lowest BCUT2D eigenvalue weighted by Crippen LogP contribution is -2.44. The highest BCUT2D eigenvalue weighted by Gasteiger charge is 2.12. The van der Waals surface area contributed by atoms with Crippen molar-refractivity contribution in [2.45, 2.75) is 13.8 Å². The molecule has 3 N–H and O–H groups in total. The van der Waals surface area contributed by atoms with Crippen molar-refractivity contribution in [1.82, 2.24) is 10.9 Å². The Morgan fingerprint density at radius 3 is 2.38 bits per heavy atom. The zero-order valence-corrected chi connectivity index (χ0v) is 15.3. The molecule has 26 heavy (non-hydrogen) atoms. The van der Waals surface area contributed by atoms with Crippen molar-refractivity contribution in [1.29, 1.82) is 0 Å². The number of hydrazine groups is 1. The van der Waals surface area contributed by atoms with E-state index in [9.17, 15) is 14.0 Å². The summed E-state index contributed by atoms with van der Waals surface area (Å²) in [7, 11) is 3.42. The summed E-state index contributed by atoms with van der Waals surface area (Å²) in [6.45, 7) is 3.94. The van der Waals surface area contributed by atoms with Gasteiger partial charge < -0.3 is 10.2 Å². The Morgan fingerprint density at radius 1 is 1.04 bits per heavy atom. The molecule has 0 saturated carbocycles. The average molecular weight is 358 g/mol. The van der Waals surface area contributed by atoms with Gasteiger partial charge in [0.25, 0.3) is 11.8 Å². The first kappa shape index (κ1) is 19.2. The standard InChI is InChI=1S/C19H23FN4O2/c1-12-5-7-16(13(2)9-12)21-11-18(25)22-23-19(26)14-6-8-17(24(3)4)15(20)10-14/h5-10,21H,11H2,1-4H3,(H,22,25)(H,23,26). The second kappa shape index (κ2) is 8.33. The third-order valence-electron chi connectivity index (χ3n) is 3.83. The molecular formula is C19H23FN4O2. The summed E-state index contributed by atoms with van der Waals surface area (Å²) in [5.41, 5.74) is 8.09. The van der Waals surface area contributed by atoms with Gasteiger partial charge in [-0.05, 0) is 43.7 Å². The van der Waals surface area contributed by atoms with Crippen LogP contribution in [-0.2, 0) is 4.79 Å². The highest BCUT2D eigenvalue weighted by Crippen LogP contribution is 2.18. The van der Waals surface area contributed by atoms with E-state index in [1.54, 1.807) is 19.0 Å². The highest BCUT2D eigenvalue weighted by molar-refractivity contribution is 5.96. The third-order valence-corrected chi connectivity index (χ3v) is 3.83. The third kappa shape index (κ3) is 4.95. The van der Waals surface area contributed by atoms with Gasteiger partial charge in [0.1, 0.15) is 5.82 Å². The molecule has 0 radical (unpaired) electrons. The largest absolute Gasteiger partial charge is 0.376 e. The Bertz CT molecular complexity index is 821. The Balaban J connectivity index is 1.86. The Morgan fingerprint density at radius 2 is 1.77 bits per heavy atom. The second-order valence-corrected chi connectivity index (χ2v) is 6.23. The van der Waals surface area contributed by atoms with Gasteiger partial charge in [0.05, 0.1) is 12.2 Å². The summed E-state index contributed by atoms with van der Waals surface area (Å²) >= 11 is 0. The summed E-state index contributed by atoms with van der Waals surface area (Å²) in [5, 5.41) is 3.00. The van der Waals surface area contributed by atoms with Gasteiger partial charge in [-0.15, -0.1) is 0 Å². The van der Waals surface area contributed by atoms with E-state index in [2.05, 4.69) is 16.2 Å². The van der Waals surface area contributed by atoms with Crippen molar-refractivity contribution in [3.63, 3.8) is 0 Å². The van der Waals surface area contributed by atoms with Gasteiger partial charge in [-0.3, -0.25) is 20.4 Å². The monoisotopic (exact) mass is 358 g/mol. The quantitative estimate of drug-likeness (QED) is 0.718. The van der Waals surface area contributed by atoms with Crippen LogP contribution in [0.25, 0.3) is 0 Å². The van der Waals surface area contributed by atoms with Crippen molar-refractivity contribution in [3.8, 4) is 0 Å². The van der Waals surface area contributed by atoms with Gasteiger partial charge in [0.15, 0.2) is 0 Å². The smallest absolute Gasteiger partial charge is 0.269 e. The number of hydrogen-bond donors (Lipinski definition) is 3. The van der Waals surface area contributed by atoms with E-state index in [-0.39, 0.29) is 12.1 Å². The SMILES string of the molecule is Cc1ccc(NCC(=O)NNC(=O)c2ccc(N(C)C)c(F)c2)c(C)c1. The molecule has 7 heteroatoms. The van der Waals surface area contributed by atoms with E-state index < -0.39 is 17.6 Å². The highest BCUT2D eigenvalue weighted by atomic mass is 19.1. The number of anilines is 2. The molecule has 0 atom stereocenters. The molecule has 0 fully saturated rings. The fraction of sp³-hybridized carbons (Fsp3) is 0.263. The summed E-state index contributed by atoms with van der Waals surface area (Å²) in [5.74, 6) is -1.51. The van der Waals surface area contributed by atoms with Gasteiger partial charge in [-0.25, -0.2) is 4.39 Å². The lowest BCUT2D eigenvalue weighted by molar-refractivity contribution is -0.120. The van der Waals surface area contributed by atoms with Crippen LogP contribution in [0, 0.1) is 19.7 Å². The van der Waals surface area contributed by atoms with Crippen LogP contribution in [0.4, 0.5) is 15.8 Å². The van der Waals surface area contributed by atoms with Gasteiger partial charge in [0.2, 0.25) is 0 Å². The van der Waals surface area contributed by atoms with Crippen LogP contribution in [0.3, 0.4) is 0 Å². The first-order valence-electron chi connectivity index (χ1n) is 8.15. The van der Waals surface area contributed by atoms with Crippen molar-refractivity contribution in [3.05, 3.63) is 58.9 Å². The lowest BCUT2D eigenvalue weighted by atomic mass is 10.1. The van der Waals surface area contributed by atoms with Crippen LogP contribution in [0.15, 0.2) is 36.4 Å². The fourth-order valence-electron chi connectivity index (χ4n) is 2.44. The van der Waals surface area contributed by atoms with E-state index in [1.165, 1.54) is 12.1 Å². The minimum absolute atomic E-state index is 0.00188. The number of halogens is 1. The zero-order chi connectivity index (χ0) is 19.3. The van der Waals surface area contributed by atoms with Gasteiger partial charge in [-0.1, -0.05) is 17.7 Å². The number of nitrogens with zero attached hydrogens (tertiary/aromatic N) is 1. The molecule has 0 aromatic heterocycles. The molecule has 0 aliphatic heterocycles. The molecule has 6 nitrogen and oxygen atoms in total. The summed E-state index contributed by atoms with van der Waals surface area (Å²) in [6.07, 6.45) is 0. The molecule has 0 bridgehead atoms. The number of nitrogens with one attached hydrogen (secondary N) is 3. The lowest BCUT2D eigenvalue weighted by Gasteiger charge is -2.14. The number of aryl methyl sites for hydroxylation is 2. The van der Waals surface area contributed by atoms with Crippen LogP contribution < -0.4 is 21.1 Å². The van der Waals surface area contributed by atoms with Crippen molar-refractivity contribution >= 4 is 23.2 Å². The molecule has 0 aliphatic rings. The first-order chi connectivity index (χ1) is 12.3. The van der Waals surface area contributed by atoms with Crippen molar-refractivity contribution in [2.75, 3.05) is 30.9 Å². The van der Waals surface area contributed by atoms with Crippen LogP contribution in [0.1, 0.15) is 21.5 Å². The normalized spacial score (nSPS) is 10.2. The van der Waals surface area contributed by atoms with Gasteiger partial charge in [0, 0.05) is 25.3 Å². The molecule has 2 amide bonds. The Kier molecular flexibility index (Phi) is 6.16. The maximum absolute atomic E-state index is 13.9. The minimum atomic E-state index is -0.589. The molecule has 2 aromatic rings. The molecule has 2 rings (SSSR count). The number of benzene rings is 2. The van der Waals surface area contributed by atoms with Crippen LogP contribution in [-0.4, -0.2) is 32.5 Å². The van der Waals surface area contributed by atoms with E-state index in [0.29, 0.717) is 5.69 Å². The minimum Gasteiger partial charge on any atom is -0.376 e. The number of carbonyl (C=O) groups is 2. The molecule has 138 valence electrons. The van der Waals surface area contributed by atoms with Crippen molar-refractivity contribution < 1.29 is 14.0 Å². The van der Waals surface area contributed by atoms with E-state index >= 15 is 0 Å². The van der Waals surface area contributed by atoms with Gasteiger partial charge >= 0.3 is 0 Å². The molecular weight excluding hydrogens is 335 g/mol. The van der Waals surface area contributed by atoms with Crippen LogP contribution in [0.5, 0.6) is 0 Å². The molecule has 0 unspecified atom stereocenters. The zero-order valence-electron chi connectivity index (χ0n) is 15.3. The number of carbonyl (C=O) groups excluding carboxylic acids is 2. The van der Waals surface area contributed by atoms with Crippen LogP contribution >= 0.6 is 0 Å². The maximum atomic E-state index is 13.9. The topological polar surface area (TPSA) is 73.5 Å². The summed E-state index contributed by atoms with van der Waals surface area (Å²) in [4.78, 5) is 25.5. The molecule has 0 heterocycles. The summed E-state index contributed by atoms with van der Waals surface area (Å²) < 4.78 is 13.9. The predicted molar refractivity (Wildman–Crippen MR) is 101 cm³/mol. The number of rotatable bonds is 5. The van der Waals surface area contributed by atoms with E-state index in [4.69, 9.17) is 0 Å². The maximum Gasteiger partial charge on any atom is 0.269 e. The molecule has 0 aliphatic carbocycles. The van der Waals surface area contributed by atoms with E-state index in [0.717, 1.165) is 22.9 Å². The number of hydrogen-bond acceptors (Lipinski definition) is 4. The fourth-order valence-corrected chi connectivity index (χ4v) is 2.44. The summed E-state index contributed by atoms with van der Waals surface area (Å²) in [6, 6.07) is 9.98. The second-order valence-electron chi connectivity index (χ2n) is 6.23. The number of amides is 2. The van der Waals surface area contributed by atoms with Crippen LogP contribution in [0.2, 0.25) is 0 Å². The average Bonchev–Trinajstić information content (AvgIpc) is 2.58. The molecule has 0 saturated heterocycles. The van der Waals surface area contributed by atoms with E-state index in [1.807, 2.05) is 32.0 Å². The molecule has 0 spiro atoms. The first-order valence-corrected chi connectivity index (χ1v) is 8.15. The Hall–Kier alpha value is -3.09. The Labute approximate surface area is 152 Å². The van der Waals surface area contributed by atoms with Gasteiger partial charge in [-0.2, -0.15) is 0 Å². The predicted octanol–water partition coefficient (Wildman–Crippen LogP) is 2.38.